The van der Waals surface area contributed by atoms with Crippen LogP contribution in [-0.2, 0) is 13.0 Å². The number of hydrogen-bond donors (Lipinski definition) is 1. The first kappa shape index (κ1) is 20.8. The van der Waals surface area contributed by atoms with Crippen LogP contribution in [0.5, 0.6) is 0 Å². The number of hydrogen-bond acceptors (Lipinski definition) is 5. The fraction of sp³-hybridized carbons (Fsp3) is 0.192. The van der Waals surface area contributed by atoms with Crippen molar-refractivity contribution in [2.45, 2.75) is 33.2 Å². The Kier molecular flexibility index (Phi) is 5.52. The number of tetrazole rings is 1. The highest BCUT2D eigenvalue weighted by Crippen LogP contribution is 2.30. The quantitative estimate of drug-likeness (QED) is 0.422. The van der Waals surface area contributed by atoms with Gasteiger partial charge in [-0.15, -0.1) is 10.2 Å². The number of aromatic amines is 1. The summed E-state index contributed by atoms with van der Waals surface area (Å²) in [6.45, 7) is 4.64. The number of benzene rings is 2. The monoisotopic (exact) mass is 436 g/mol. The second-order valence-corrected chi connectivity index (χ2v) is 8.12. The van der Waals surface area contributed by atoms with Crippen LogP contribution in [0.1, 0.15) is 30.3 Å². The number of nitrogens with one attached hydrogen (secondary N) is 1. The predicted octanol–water partition coefficient (Wildman–Crippen LogP) is 4.55. The highest BCUT2D eigenvalue weighted by atomic mass is 16.1. The molecule has 5 rings (SSSR count). The molecule has 7 nitrogen and oxygen atoms in total. The van der Waals surface area contributed by atoms with Gasteiger partial charge < -0.3 is 4.57 Å². The number of fused-ring (bicyclic) bond motifs is 1. The van der Waals surface area contributed by atoms with E-state index in [1.807, 2.05) is 41.8 Å². The van der Waals surface area contributed by atoms with Gasteiger partial charge in [0.1, 0.15) is 0 Å². The lowest BCUT2D eigenvalue weighted by molar-refractivity contribution is 0.789. The van der Waals surface area contributed by atoms with E-state index in [4.69, 9.17) is 4.98 Å². The van der Waals surface area contributed by atoms with Gasteiger partial charge in [0.15, 0.2) is 0 Å². The molecule has 0 bridgehead atoms. The van der Waals surface area contributed by atoms with Crippen LogP contribution >= 0.6 is 0 Å². The molecule has 0 amide bonds. The molecule has 0 saturated heterocycles. The molecule has 0 spiro atoms. The van der Waals surface area contributed by atoms with Crippen molar-refractivity contribution in [1.29, 1.82) is 0 Å². The van der Waals surface area contributed by atoms with Crippen molar-refractivity contribution in [2.24, 2.45) is 0 Å². The summed E-state index contributed by atoms with van der Waals surface area (Å²) in [5.74, 6) is 0.559. The van der Waals surface area contributed by atoms with Gasteiger partial charge in [0, 0.05) is 28.4 Å². The molecular formula is C26H24N6O. The smallest absolute Gasteiger partial charge is 0.251 e. The zero-order valence-corrected chi connectivity index (χ0v) is 18.6. The van der Waals surface area contributed by atoms with Crippen LogP contribution in [-0.4, -0.2) is 30.2 Å². The lowest BCUT2D eigenvalue weighted by Gasteiger charge is -2.14. The molecule has 0 fully saturated rings. The van der Waals surface area contributed by atoms with E-state index in [-0.39, 0.29) is 5.56 Å². The van der Waals surface area contributed by atoms with Gasteiger partial charge in [0.2, 0.25) is 5.82 Å². The molecule has 0 unspecified atom stereocenters. The van der Waals surface area contributed by atoms with Crippen LogP contribution in [0.15, 0.2) is 71.5 Å². The average Bonchev–Trinajstić information content (AvgIpc) is 3.37. The van der Waals surface area contributed by atoms with Crippen LogP contribution in [0.2, 0.25) is 0 Å². The highest BCUT2D eigenvalue weighted by Gasteiger charge is 2.12. The van der Waals surface area contributed by atoms with Gasteiger partial charge in [-0.3, -0.25) is 9.78 Å². The van der Waals surface area contributed by atoms with E-state index in [2.05, 4.69) is 57.9 Å². The van der Waals surface area contributed by atoms with Crippen molar-refractivity contribution in [3.63, 3.8) is 0 Å². The minimum absolute atomic E-state index is 0.0120. The summed E-state index contributed by atoms with van der Waals surface area (Å²) < 4.78 is 1.84. The van der Waals surface area contributed by atoms with Crippen molar-refractivity contribution >= 4 is 10.9 Å². The van der Waals surface area contributed by atoms with E-state index in [0.29, 0.717) is 12.4 Å². The number of rotatable bonds is 6. The Labute approximate surface area is 191 Å². The van der Waals surface area contributed by atoms with Crippen molar-refractivity contribution in [2.75, 3.05) is 0 Å². The Morgan fingerprint density at radius 3 is 2.48 bits per heavy atom. The summed E-state index contributed by atoms with van der Waals surface area (Å²) in [5.41, 5.74) is 6.95. The third-order valence-corrected chi connectivity index (χ3v) is 5.85. The molecule has 0 radical (unpaired) electrons. The zero-order chi connectivity index (χ0) is 22.8. The average molecular weight is 437 g/mol. The number of pyridine rings is 2. The SMILES string of the molecule is CCCc1cc2c(ccc(=O)n2Cc2ccc(-c3ccccc3-c3nn[nH]n3)cc2)c(C)n1. The molecule has 0 aliphatic rings. The van der Waals surface area contributed by atoms with Gasteiger partial charge in [0.25, 0.3) is 5.56 Å². The Morgan fingerprint density at radius 2 is 1.76 bits per heavy atom. The van der Waals surface area contributed by atoms with Crippen LogP contribution in [0.4, 0.5) is 0 Å². The van der Waals surface area contributed by atoms with E-state index in [0.717, 1.165) is 57.4 Å². The Hall–Kier alpha value is -4.13. The van der Waals surface area contributed by atoms with Crippen molar-refractivity contribution < 1.29 is 0 Å². The molecule has 3 heterocycles. The van der Waals surface area contributed by atoms with Crippen LogP contribution in [0.25, 0.3) is 33.4 Å². The maximum absolute atomic E-state index is 12.8. The second kappa shape index (κ2) is 8.78. The molecule has 5 aromatic rings. The van der Waals surface area contributed by atoms with E-state index < -0.39 is 0 Å². The van der Waals surface area contributed by atoms with Gasteiger partial charge in [-0.05, 0) is 47.4 Å². The Morgan fingerprint density at radius 1 is 0.970 bits per heavy atom. The number of H-pyrrole nitrogens is 1. The zero-order valence-electron chi connectivity index (χ0n) is 18.6. The third-order valence-electron chi connectivity index (χ3n) is 5.85. The first-order chi connectivity index (χ1) is 16.1. The van der Waals surface area contributed by atoms with Crippen LogP contribution in [0.3, 0.4) is 0 Å². The Balaban J connectivity index is 1.51. The van der Waals surface area contributed by atoms with Gasteiger partial charge in [-0.1, -0.05) is 61.9 Å². The molecule has 1 N–H and O–H groups in total. The minimum atomic E-state index is -0.0120. The molecule has 33 heavy (non-hydrogen) atoms. The number of aromatic nitrogens is 6. The van der Waals surface area contributed by atoms with Gasteiger partial charge in [0.05, 0.1) is 12.1 Å². The molecule has 7 heteroatoms. The van der Waals surface area contributed by atoms with Crippen LogP contribution in [0, 0.1) is 6.92 Å². The van der Waals surface area contributed by atoms with E-state index >= 15 is 0 Å². The number of nitrogens with zero attached hydrogens (tertiary/aromatic N) is 5. The summed E-state index contributed by atoms with van der Waals surface area (Å²) in [7, 11) is 0. The maximum Gasteiger partial charge on any atom is 0.251 e. The lowest BCUT2D eigenvalue weighted by Crippen LogP contribution is -2.20. The second-order valence-electron chi connectivity index (χ2n) is 8.12. The molecule has 0 aliphatic heterocycles. The molecule has 2 aromatic carbocycles. The summed E-state index contributed by atoms with van der Waals surface area (Å²) in [4.78, 5) is 17.5. The topological polar surface area (TPSA) is 89.4 Å². The first-order valence-corrected chi connectivity index (χ1v) is 11.1. The molecule has 0 aliphatic carbocycles. The summed E-state index contributed by atoms with van der Waals surface area (Å²) >= 11 is 0. The maximum atomic E-state index is 12.8. The Bertz CT molecular complexity index is 1470. The van der Waals surface area contributed by atoms with Crippen LogP contribution < -0.4 is 5.56 Å². The lowest BCUT2D eigenvalue weighted by atomic mass is 9.98. The molecule has 0 saturated carbocycles. The third kappa shape index (κ3) is 4.05. The van der Waals surface area contributed by atoms with E-state index in [1.54, 1.807) is 6.07 Å². The number of aryl methyl sites for hydroxylation is 2. The minimum Gasteiger partial charge on any atom is -0.304 e. The fourth-order valence-corrected chi connectivity index (χ4v) is 4.25. The normalized spacial score (nSPS) is 11.2. The summed E-state index contributed by atoms with van der Waals surface area (Å²) in [6.07, 6.45) is 1.91. The molecular weight excluding hydrogens is 412 g/mol. The van der Waals surface area contributed by atoms with Gasteiger partial charge in [-0.25, -0.2) is 0 Å². The summed E-state index contributed by atoms with van der Waals surface area (Å²) in [6, 6.07) is 21.8. The van der Waals surface area contributed by atoms with Crippen molar-refractivity contribution in [3.05, 3.63) is 94.0 Å². The molecule has 3 aromatic heterocycles. The van der Waals surface area contributed by atoms with Gasteiger partial charge in [-0.2, -0.15) is 5.21 Å². The largest absolute Gasteiger partial charge is 0.304 e. The fourth-order valence-electron chi connectivity index (χ4n) is 4.25. The van der Waals surface area contributed by atoms with E-state index in [9.17, 15) is 4.79 Å². The first-order valence-electron chi connectivity index (χ1n) is 11.1. The molecule has 164 valence electrons. The summed E-state index contributed by atoms with van der Waals surface area (Å²) in [5, 5.41) is 15.4. The highest BCUT2D eigenvalue weighted by molar-refractivity contribution is 5.82. The molecule has 0 atom stereocenters. The van der Waals surface area contributed by atoms with Crippen molar-refractivity contribution in [3.8, 4) is 22.5 Å². The standard InChI is InChI=1S/C26H24N6O/c1-3-6-20-15-24-21(17(2)27-20)13-14-25(33)32(24)16-18-9-11-19(12-10-18)22-7-4-5-8-23(22)26-28-30-31-29-26/h4-5,7-15H,3,6,16H2,1-2H3,(H,28,29,30,31). The predicted molar refractivity (Wildman–Crippen MR) is 129 cm³/mol. The van der Waals surface area contributed by atoms with E-state index in [1.165, 1.54) is 0 Å². The van der Waals surface area contributed by atoms with Crippen molar-refractivity contribution in [1.82, 2.24) is 30.2 Å². The van der Waals surface area contributed by atoms with Gasteiger partial charge >= 0.3 is 0 Å².